The smallest absolute Gasteiger partial charge is 0.224 e. The summed E-state index contributed by atoms with van der Waals surface area (Å²) in [7, 11) is 0. The summed E-state index contributed by atoms with van der Waals surface area (Å²) in [4.78, 5) is 15.4. The second-order valence-corrected chi connectivity index (χ2v) is 5.72. The normalized spacial score (nSPS) is 10.9. The first-order valence-electron chi connectivity index (χ1n) is 7.72. The second-order valence-electron chi connectivity index (χ2n) is 5.72. The summed E-state index contributed by atoms with van der Waals surface area (Å²) in [6, 6.07) is 13.4. The molecule has 0 saturated carbocycles. The molecule has 3 N–H and O–H groups in total. The maximum absolute atomic E-state index is 12.1. The molecule has 0 atom stereocenters. The van der Waals surface area contributed by atoms with E-state index in [2.05, 4.69) is 29.4 Å². The number of benzene rings is 2. The van der Waals surface area contributed by atoms with Crippen molar-refractivity contribution < 1.29 is 9.90 Å². The third-order valence-corrected chi connectivity index (χ3v) is 4.02. The van der Waals surface area contributed by atoms with E-state index in [9.17, 15) is 4.79 Å². The van der Waals surface area contributed by atoms with E-state index in [1.165, 1.54) is 10.9 Å². The molecule has 2 aromatic carbocycles. The molecule has 1 amide bonds. The summed E-state index contributed by atoms with van der Waals surface area (Å²) < 4.78 is 0. The van der Waals surface area contributed by atoms with Gasteiger partial charge in [-0.15, -0.1) is 0 Å². The average molecular weight is 308 g/mol. The number of hydrogen-bond acceptors (Lipinski definition) is 2. The van der Waals surface area contributed by atoms with Crippen LogP contribution < -0.4 is 5.32 Å². The molecular weight excluding hydrogens is 288 g/mol. The van der Waals surface area contributed by atoms with Gasteiger partial charge in [0.15, 0.2) is 0 Å². The number of aryl methyl sites for hydroxylation is 2. The molecule has 3 aromatic rings. The lowest BCUT2D eigenvalue weighted by Crippen LogP contribution is -2.12. The molecule has 4 heteroatoms. The van der Waals surface area contributed by atoms with Crippen LogP contribution in [0.4, 0.5) is 5.69 Å². The van der Waals surface area contributed by atoms with Gasteiger partial charge in [0.25, 0.3) is 0 Å². The van der Waals surface area contributed by atoms with Crippen LogP contribution in [0.5, 0.6) is 0 Å². The van der Waals surface area contributed by atoms with Gasteiger partial charge in [0.1, 0.15) is 0 Å². The highest BCUT2D eigenvalue weighted by Gasteiger charge is 2.08. The fraction of sp³-hybridized carbons (Fsp3) is 0.211. The molecule has 0 spiro atoms. The summed E-state index contributed by atoms with van der Waals surface area (Å²) in [5.74, 6) is -0.0258. The van der Waals surface area contributed by atoms with Crippen molar-refractivity contribution in [3.05, 3.63) is 65.4 Å². The van der Waals surface area contributed by atoms with Crippen molar-refractivity contribution in [2.24, 2.45) is 0 Å². The number of anilines is 1. The minimum Gasteiger partial charge on any atom is -0.392 e. The van der Waals surface area contributed by atoms with E-state index in [-0.39, 0.29) is 12.5 Å². The van der Waals surface area contributed by atoms with Gasteiger partial charge in [-0.05, 0) is 42.2 Å². The van der Waals surface area contributed by atoms with Crippen LogP contribution in [0.3, 0.4) is 0 Å². The van der Waals surface area contributed by atoms with Crippen LogP contribution in [-0.4, -0.2) is 16.0 Å². The average Bonchev–Trinajstić information content (AvgIpc) is 2.98. The maximum atomic E-state index is 12.1. The van der Waals surface area contributed by atoms with Gasteiger partial charge in [0.05, 0.1) is 6.61 Å². The molecule has 0 unspecified atom stereocenters. The second kappa shape index (κ2) is 6.67. The van der Waals surface area contributed by atoms with Crippen molar-refractivity contribution in [2.75, 3.05) is 5.32 Å². The molecule has 0 aliphatic carbocycles. The molecule has 1 aromatic heterocycles. The Bertz CT molecular complexity index is 836. The number of amides is 1. The van der Waals surface area contributed by atoms with E-state index in [4.69, 9.17) is 5.11 Å². The number of aliphatic hydroxyl groups is 1. The molecular formula is C19H20N2O2. The Kier molecular flexibility index (Phi) is 4.44. The molecule has 0 bridgehead atoms. The molecule has 3 rings (SSSR count). The van der Waals surface area contributed by atoms with Crippen LogP contribution >= 0.6 is 0 Å². The first-order chi connectivity index (χ1) is 11.2. The molecule has 4 nitrogen and oxygen atoms in total. The lowest BCUT2D eigenvalue weighted by Gasteiger charge is -2.06. The number of aliphatic hydroxyl groups excluding tert-OH is 1. The van der Waals surface area contributed by atoms with Crippen molar-refractivity contribution in [3.63, 3.8) is 0 Å². The van der Waals surface area contributed by atoms with Crippen LogP contribution in [0.2, 0.25) is 0 Å². The minimum atomic E-state index is -0.0294. The molecule has 0 saturated heterocycles. The number of hydrogen-bond donors (Lipinski definition) is 3. The van der Waals surface area contributed by atoms with E-state index < -0.39 is 0 Å². The number of fused-ring (bicyclic) bond motifs is 1. The molecule has 118 valence electrons. The van der Waals surface area contributed by atoms with Crippen LogP contribution in [0.1, 0.15) is 23.1 Å². The van der Waals surface area contributed by atoms with Crippen molar-refractivity contribution in [1.82, 2.24) is 4.98 Å². The number of nitrogens with one attached hydrogen (secondary N) is 2. The zero-order valence-electron chi connectivity index (χ0n) is 13.1. The summed E-state index contributed by atoms with van der Waals surface area (Å²) >= 11 is 0. The van der Waals surface area contributed by atoms with Crippen LogP contribution in [0.25, 0.3) is 10.9 Å². The Morgan fingerprint density at radius 2 is 2.04 bits per heavy atom. The molecule has 23 heavy (non-hydrogen) atoms. The highest BCUT2D eigenvalue weighted by Crippen LogP contribution is 2.22. The predicted octanol–water partition coefficient (Wildman–Crippen LogP) is 3.54. The van der Waals surface area contributed by atoms with Crippen molar-refractivity contribution in [1.29, 1.82) is 0 Å². The van der Waals surface area contributed by atoms with Gasteiger partial charge in [-0.1, -0.05) is 30.3 Å². The van der Waals surface area contributed by atoms with Gasteiger partial charge in [-0.25, -0.2) is 0 Å². The quantitative estimate of drug-likeness (QED) is 0.675. The fourth-order valence-electron chi connectivity index (χ4n) is 2.79. The van der Waals surface area contributed by atoms with E-state index in [0.29, 0.717) is 12.8 Å². The predicted molar refractivity (Wildman–Crippen MR) is 92.4 cm³/mol. The minimum absolute atomic E-state index is 0.0258. The zero-order chi connectivity index (χ0) is 16.2. The summed E-state index contributed by atoms with van der Waals surface area (Å²) in [6.45, 7) is 2.04. The van der Waals surface area contributed by atoms with Crippen LogP contribution in [-0.2, 0) is 17.8 Å². The van der Waals surface area contributed by atoms with Crippen molar-refractivity contribution in [3.8, 4) is 0 Å². The third kappa shape index (κ3) is 3.43. The number of aromatic amines is 1. The standard InChI is InChI=1S/C19H20N2O2/c1-13-4-2-7-17-15(11-20-19(13)17)8-9-18(23)21-16-6-3-5-14(10-16)12-22/h2-7,10-11,20,22H,8-9,12H2,1H3,(H,21,23). The van der Waals surface area contributed by atoms with Gasteiger partial charge in [0, 0.05) is 29.2 Å². The highest BCUT2D eigenvalue weighted by atomic mass is 16.3. The molecule has 0 aliphatic rings. The van der Waals surface area contributed by atoms with E-state index in [0.717, 1.165) is 22.3 Å². The Morgan fingerprint density at radius 3 is 2.87 bits per heavy atom. The highest BCUT2D eigenvalue weighted by molar-refractivity contribution is 5.92. The third-order valence-electron chi connectivity index (χ3n) is 4.02. The van der Waals surface area contributed by atoms with E-state index in [1.807, 2.05) is 30.5 Å². The summed E-state index contributed by atoms with van der Waals surface area (Å²) in [5.41, 5.74) is 5.01. The van der Waals surface area contributed by atoms with Gasteiger partial charge >= 0.3 is 0 Å². The number of aromatic nitrogens is 1. The number of rotatable bonds is 5. The zero-order valence-corrected chi connectivity index (χ0v) is 13.1. The van der Waals surface area contributed by atoms with E-state index >= 15 is 0 Å². The lowest BCUT2D eigenvalue weighted by molar-refractivity contribution is -0.116. The number of H-pyrrole nitrogens is 1. The number of para-hydroxylation sites is 1. The van der Waals surface area contributed by atoms with Gasteiger partial charge in [-0.2, -0.15) is 0 Å². The van der Waals surface area contributed by atoms with Crippen LogP contribution in [0.15, 0.2) is 48.7 Å². The Balaban J connectivity index is 1.65. The van der Waals surface area contributed by atoms with Crippen LogP contribution in [0, 0.1) is 6.92 Å². The number of carbonyl (C=O) groups is 1. The van der Waals surface area contributed by atoms with Gasteiger partial charge in [-0.3, -0.25) is 4.79 Å². The molecule has 0 aliphatic heterocycles. The van der Waals surface area contributed by atoms with Gasteiger partial charge in [0.2, 0.25) is 5.91 Å². The summed E-state index contributed by atoms with van der Waals surface area (Å²) in [6.07, 6.45) is 3.09. The molecule has 0 radical (unpaired) electrons. The van der Waals surface area contributed by atoms with Crippen molar-refractivity contribution in [2.45, 2.75) is 26.4 Å². The molecule has 1 heterocycles. The first kappa shape index (κ1) is 15.3. The fourth-order valence-corrected chi connectivity index (χ4v) is 2.79. The lowest BCUT2D eigenvalue weighted by atomic mass is 10.1. The number of carbonyl (C=O) groups excluding carboxylic acids is 1. The SMILES string of the molecule is Cc1cccc2c(CCC(=O)Nc3cccc(CO)c3)c[nH]c12. The maximum Gasteiger partial charge on any atom is 0.224 e. The Hall–Kier alpha value is -2.59. The topological polar surface area (TPSA) is 65.1 Å². The first-order valence-corrected chi connectivity index (χ1v) is 7.72. The Morgan fingerprint density at radius 1 is 1.22 bits per heavy atom. The van der Waals surface area contributed by atoms with Crippen molar-refractivity contribution >= 4 is 22.5 Å². The monoisotopic (exact) mass is 308 g/mol. The largest absolute Gasteiger partial charge is 0.392 e. The Labute approximate surface area is 135 Å². The summed E-state index contributed by atoms with van der Waals surface area (Å²) in [5, 5.41) is 13.2. The van der Waals surface area contributed by atoms with Gasteiger partial charge < -0.3 is 15.4 Å². The van der Waals surface area contributed by atoms with E-state index in [1.54, 1.807) is 6.07 Å². The molecule has 0 fully saturated rings.